The number of hydrogen-bond donors (Lipinski definition) is 1. The van der Waals surface area contributed by atoms with Crippen LogP contribution in [0, 0.1) is 0 Å². The van der Waals surface area contributed by atoms with Gasteiger partial charge in [-0.15, -0.1) is 0 Å². The van der Waals surface area contributed by atoms with Gasteiger partial charge in [-0.05, 0) is 31.9 Å². The highest BCUT2D eigenvalue weighted by Gasteiger charge is 2.42. The number of nitrogens with one attached hydrogen (secondary N) is 1. The van der Waals surface area contributed by atoms with Crippen molar-refractivity contribution < 1.29 is 9.47 Å². The van der Waals surface area contributed by atoms with Gasteiger partial charge in [0.2, 0.25) is 0 Å². The van der Waals surface area contributed by atoms with E-state index < -0.39 is 0 Å². The smallest absolute Gasteiger partial charge is 0.0951 e. The van der Waals surface area contributed by atoms with E-state index in [1.807, 2.05) is 0 Å². The highest BCUT2D eigenvalue weighted by molar-refractivity contribution is 8.00. The predicted octanol–water partition coefficient (Wildman–Crippen LogP) is 2.20. The molecule has 1 spiro atoms. The van der Waals surface area contributed by atoms with Gasteiger partial charge in [0.15, 0.2) is 0 Å². The first-order chi connectivity index (χ1) is 8.76. The summed E-state index contributed by atoms with van der Waals surface area (Å²) in [5.41, 5.74) is 0.0437. The van der Waals surface area contributed by atoms with Gasteiger partial charge in [0.05, 0.1) is 12.2 Å². The van der Waals surface area contributed by atoms with Crippen LogP contribution in [0.15, 0.2) is 0 Å². The molecule has 1 saturated carbocycles. The molecule has 2 saturated heterocycles. The van der Waals surface area contributed by atoms with Gasteiger partial charge in [0.1, 0.15) is 0 Å². The second-order valence-corrected chi connectivity index (χ2v) is 7.42. The molecule has 1 N–H and O–H groups in total. The largest absolute Gasteiger partial charge is 0.378 e. The molecule has 1 aliphatic carbocycles. The third-order valence-corrected chi connectivity index (χ3v) is 6.39. The summed E-state index contributed by atoms with van der Waals surface area (Å²) < 4.78 is 12.1. The third kappa shape index (κ3) is 2.58. The summed E-state index contributed by atoms with van der Waals surface area (Å²) in [5.74, 6) is 0. The first-order valence-corrected chi connectivity index (χ1v) is 8.49. The Morgan fingerprint density at radius 1 is 1.28 bits per heavy atom. The van der Waals surface area contributed by atoms with Crippen LogP contribution in [0.1, 0.15) is 38.5 Å². The highest BCUT2D eigenvalue weighted by atomic mass is 32.2. The zero-order chi connectivity index (χ0) is 12.5. The normalized spacial score (nSPS) is 38.8. The Labute approximate surface area is 114 Å². The zero-order valence-electron chi connectivity index (χ0n) is 11.4. The van der Waals surface area contributed by atoms with E-state index in [-0.39, 0.29) is 5.60 Å². The van der Waals surface area contributed by atoms with Crippen LogP contribution < -0.4 is 5.32 Å². The molecule has 0 aromatic heterocycles. The van der Waals surface area contributed by atoms with Crippen molar-refractivity contribution in [3.8, 4) is 0 Å². The second kappa shape index (κ2) is 5.31. The van der Waals surface area contributed by atoms with Crippen molar-refractivity contribution >= 4 is 11.8 Å². The van der Waals surface area contributed by atoms with Crippen LogP contribution in [0.5, 0.6) is 0 Å². The summed E-state index contributed by atoms with van der Waals surface area (Å²) in [6, 6.07) is 0.630. The molecule has 2 aliphatic heterocycles. The van der Waals surface area contributed by atoms with E-state index in [4.69, 9.17) is 9.47 Å². The Kier molecular flexibility index (Phi) is 3.90. The molecule has 3 nitrogen and oxygen atoms in total. The molecule has 2 heterocycles. The van der Waals surface area contributed by atoms with E-state index in [2.05, 4.69) is 23.3 Å². The maximum Gasteiger partial charge on any atom is 0.0951 e. The Morgan fingerprint density at radius 2 is 2.17 bits per heavy atom. The van der Waals surface area contributed by atoms with E-state index in [0.29, 0.717) is 10.8 Å². The SMILES string of the molecule is CSC1(CNC2CCOC3(CCOC3)C2)CCC1. The molecule has 0 aromatic rings. The molecule has 3 fully saturated rings. The van der Waals surface area contributed by atoms with Crippen LogP contribution in [0.4, 0.5) is 0 Å². The lowest BCUT2D eigenvalue weighted by atomic mass is 9.83. The van der Waals surface area contributed by atoms with Gasteiger partial charge >= 0.3 is 0 Å². The van der Waals surface area contributed by atoms with E-state index in [0.717, 1.165) is 39.1 Å². The van der Waals surface area contributed by atoms with E-state index in [1.165, 1.54) is 25.8 Å². The zero-order valence-corrected chi connectivity index (χ0v) is 12.2. The molecule has 0 bridgehead atoms. The second-order valence-electron chi connectivity index (χ2n) is 6.15. The first-order valence-electron chi connectivity index (χ1n) is 7.26. The van der Waals surface area contributed by atoms with Crippen LogP contribution >= 0.6 is 11.8 Å². The summed E-state index contributed by atoms with van der Waals surface area (Å²) in [6.45, 7) is 3.75. The van der Waals surface area contributed by atoms with Gasteiger partial charge in [-0.2, -0.15) is 11.8 Å². The molecule has 104 valence electrons. The van der Waals surface area contributed by atoms with E-state index in [1.54, 1.807) is 0 Å². The van der Waals surface area contributed by atoms with Crippen molar-refractivity contribution in [2.45, 2.75) is 54.9 Å². The Balaban J connectivity index is 1.50. The number of thioether (sulfide) groups is 1. The van der Waals surface area contributed by atoms with E-state index in [9.17, 15) is 0 Å². The van der Waals surface area contributed by atoms with Gasteiger partial charge in [0, 0.05) is 37.0 Å². The molecule has 0 amide bonds. The summed E-state index contributed by atoms with van der Waals surface area (Å²) in [5, 5.41) is 3.81. The molecular weight excluding hydrogens is 246 g/mol. The maximum absolute atomic E-state index is 5.99. The summed E-state index contributed by atoms with van der Waals surface area (Å²) in [6.07, 6.45) is 9.82. The van der Waals surface area contributed by atoms with Crippen LogP contribution in [-0.2, 0) is 9.47 Å². The average Bonchev–Trinajstić information content (AvgIpc) is 2.77. The Morgan fingerprint density at radius 3 is 2.78 bits per heavy atom. The molecular formula is C14H25NO2S. The van der Waals surface area contributed by atoms with Crippen molar-refractivity contribution in [1.29, 1.82) is 0 Å². The fourth-order valence-corrected chi connectivity index (χ4v) is 4.34. The lowest BCUT2D eigenvalue weighted by Crippen LogP contribution is -2.52. The van der Waals surface area contributed by atoms with Crippen molar-refractivity contribution in [3.63, 3.8) is 0 Å². The van der Waals surface area contributed by atoms with Crippen LogP contribution in [0.25, 0.3) is 0 Å². The number of rotatable bonds is 4. The average molecular weight is 271 g/mol. The molecule has 0 radical (unpaired) electrons. The summed E-state index contributed by atoms with van der Waals surface area (Å²) in [4.78, 5) is 0. The molecule has 3 aliphatic rings. The fraction of sp³-hybridized carbons (Fsp3) is 1.00. The predicted molar refractivity (Wildman–Crippen MR) is 75.2 cm³/mol. The summed E-state index contributed by atoms with van der Waals surface area (Å²) >= 11 is 2.05. The number of hydrogen-bond acceptors (Lipinski definition) is 4. The monoisotopic (exact) mass is 271 g/mol. The summed E-state index contributed by atoms with van der Waals surface area (Å²) in [7, 11) is 0. The third-order valence-electron chi connectivity index (χ3n) is 4.97. The molecule has 2 atom stereocenters. The van der Waals surface area contributed by atoms with Crippen LogP contribution in [-0.4, -0.2) is 49.0 Å². The van der Waals surface area contributed by atoms with Gasteiger partial charge in [-0.25, -0.2) is 0 Å². The van der Waals surface area contributed by atoms with Gasteiger partial charge in [-0.3, -0.25) is 0 Å². The maximum atomic E-state index is 5.99. The lowest BCUT2D eigenvalue weighted by molar-refractivity contribution is -0.0895. The van der Waals surface area contributed by atoms with Gasteiger partial charge in [-0.1, -0.05) is 6.42 Å². The van der Waals surface area contributed by atoms with Crippen molar-refractivity contribution in [3.05, 3.63) is 0 Å². The molecule has 18 heavy (non-hydrogen) atoms. The Hall–Kier alpha value is 0.230. The van der Waals surface area contributed by atoms with Gasteiger partial charge in [0.25, 0.3) is 0 Å². The van der Waals surface area contributed by atoms with Crippen molar-refractivity contribution in [1.82, 2.24) is 5.32 Å². The Bertz CT molecular complexity index is 282. The standard InChI is InChI=1S/C14H25NO2S/c1-18-14(4-2-5-14)10-15-12-3-7-17-13(9-12)6-8-16-11-13/h12,15H,2-11H2,1H3. The molecule has 3 rings (SSSR count). The minimum absolute atomic E-state index is 0.0437. The van der Waals surface area contributed by atoms with Crippen LogP contribution in [0.2, 0.25) is 0 Å². The minimum Gasteiger partial charge on any atom is -0.378 e. The number of ether oxygens (including phenoxy) is 2. The van der Waals surface area contributed by atoms with Crippen molar-refractivity contribution in [2.75, 3.05) is 32.6 Å². The van der Waals surface area contributed by atoms with Gasteiger partial charge < -0.3 is 14.8 Å². The first kappa shape index (κ1) is 13.2. The van der Waals surface area contributed by atoms with Crippen LogP contribution in [0.3, 0.4) is 0 Å². The van der Waals surface area contributed by atoms with E-state index >= 15 is 0 Å². The topological polar surface area (TPSA) is 30.5 Å². The lowest BCUT2D eigenvalue weighted by Gasteiger charge is -2.43. The molecule has 0 aromatic carbocycles. The molecule has 4 heteroatoms. The minimum atomic E-state index is 0.0437. The highest BCUT2D eigenvalue weighted by Crippen LogP contribution is 2.42. The fourth-order valence-electron chi connectivity index (χ4n) is 3.42. The molecule has 2 unspecified atom stereocenters. The quantitative estimate of drug-likeness (QED) is 0.849. The van der Waals surface area contributed by atoms with Crippen molar-refractivity contribution in [2.24, 2.45) is 0 Å².